The third kappa shape index (κ3) is 5.55. The van der Waals surface area contributed by atoms with Crippen LogP contribution in [0.4, 0.5) is 13.2 Å². The number of benzene rings is 2. The van der Waals surface area contributed by atoms with Crippen LogP contribution in [0.1, 0.15) is 12.5 Å². The summed E-state index contributed by atoms with van der Waals surface area (Å²) in [6.07, 6.45) is -4.61. The van der Waals surface area contributed by atoms with E-state index in [1.54, 1.807) is 0 Å². The van der Waals surface area contributed by atoms with E-state index in [4.69, 9.17) is 21.4 Å². The molecule has 2 aromatic rings. The number of aliphatic carboxylic acids is 1. The van der Waals surface area contributed by atoms with Crippen LogP contribution in [-0.4, -0.2) is 31.9 Å². The van der Waals surface area contributed by atoms with Gasteiger partial charge < -0.3 is 9.84 Å². The molecule has 0 aliphatic rings. The van der Waals surface area contributed by atoms with E-state index in [1.165, 1.54) is 25.1 Å². The maximum Gasteiger partial charge on any atom is 0.416 e. The van der Waals surface area contributed by atoms with E-state index in [2.05, 4.69) is 0 Å². The number of hydrogen-bond donors (Lipinski definition) is 1. The number of rotatable bonds is 7. The molecule has 11 heteroatoms. The molecule has 0 unspecified atom stereocenters. The second-order valence-corrected chi connectivity index (χ2v) is 9.21. The second-order valence-electron chi connectivity index (χ2n) is 5.44. The number of alkyl halides is 3. The van der Waals surface area contributed by atoms with Crippen molar-refractivity contribution < 1.29 is 36.2 Å². The van der Waals surface area contributed by atoms with Gasteiger partial charge in [0, 0.05) is 4.90 Å². The van der Waals surface area contributed by atoms with E-state index < -0.39 is 34.2 Å². The van der Waals surface area contributed by atoms with Crippen molar-refractivity contribution in [1.29, 1.82) is 0 Å². The van der Waals surface area contributed by atoms with Gasteiger partial charge in [0.1, 0.15) is 5.75 Å². The van der Waals surface area contributed by atoms with Crippen LogP contribution >= 0.6 is 23.4 Å². The van der Waals surface area contributed by atoms with Crippen LogP contribution in [0.3, 0.4) is 0 Å². The van der Waals surface area contributed by atoms with Gasteiger partial charge in [-0.05, 0) is 36.4 Å². The van der Waals surface area contributed by atoms with E-state index in [9.17, 15) is 26.4 Å². The predicted molar refractivity (Wildman–Crippen MR) is 97.9 cm³/mol. The molecule has 0 bridgehead atoms. The molecule has 0 aromatic heterocycles. The van der Waals surface area contributed by atoms with Gasteiger partial charge in [-0.2, -0.15) is 13.2 Å². The normalized spacial score (nSPS) is 12.0. The molecule has 1 N–H and O–H groups in total. The molecule has 0 heterocycles. The molecule has 28 heavy (non-hydrogen) atoms. The predicted octanol–water partition coefficient (Wildman–Crippen LogP) is 4.77. The minimum atomic E-state index is -4.61. The number of carboxylic acids is 1. The van der Waals surface area contributed by atoms with E-state index >= 15 is 0 Å². The van der Waals surface area contributed by atoms with E-state index in [0.29, 0.717) is 0 Å². The second kappa shape index (κ2) is 8.62. The molecule has 0 aliphatic heterocycles. The molecule has 0 saturated carbocycles. The molecule has 0 saturated heterocycles. The smallest absolute Gasteiger partial charge is 0.416 e. The number of hydrogen-bond acceptors (Lipinski definition) is 5. The van der Waals surface area contributed by atoms with Crippen LogP contribution in [0.2, 0.25) is 5.02 Å². The zero-order valence-corrected chi connectivity index (χ0v) is 16.7. The Kier molecular flexibility index (Phi) is 6.89. The lowest BCUT2D eigenvalue weighted by molar-refractivity contribution is -0.140. The molecular formula is C17H14ClF3O5S2. The molecule has 152 valence electrons. The van der Waals surface area contributed by atoms with Crippen molar-refractivity contribution >= 4 is 39.2 Å². The van der Waals surface area contributed by atoms with Crippen LogP contribution in [0.5, 0.6) is 5.75 Å². The maximum atomic E-state index is 13.0. The van der Waals surface area contributed by atoms with Crippen molar-refractivity contribution in [1.82, 2.24) is 0 Å². The van der Waals surface area contributed by atoms with Crippen molar-refractivity contribution in [3.8, 4) is 5.75 Å². The standard InChI is InChI=1S/C17H14ClF3O5S2/c1-2-28(24,25)11-4-6-14(12(18)8-11)27-15-7-10(17(19,20)21)3-5-13(15)26-9-16(22)23/h3-8H,2,9H2,1H3,(H,22,23). The highest BCUT2D eigenvalue weighted by Crippen LogP contribution is 2.42. The number of carbonyl (C=O) groups is 1. The number of sulfone groups is 1. The SMILES string of the molecule is CCS(=O)(=O)c1ccc(Sc2cc(C(F)(F)F)ccc2OCC(=O)O)c(Cl)c1. The lowest BCUT2D eigenvalue weighted by Crippen LogP contribution is -2.11. The Balaban J connectivity index is 2.44. The summed E-state index contributed by atoms with van der Waals surface area (Å²) in [4.78, 5) is 11.0. The quantitative estimate of drug-likeness (QED) is 0.649. The first-order chi connectivity index (χ1) is 12.9. The van der Waals surface area contributed by atoms with Crippen LogP contribution in [0.15, 0.2) is 51.1 Å². The van der Waals surface area contributed by atoms with Crippen molar-refractivity contribution in [3.05, 3.63) is 47.0 Å². The summed E-state index contributed by atoms with van der Waals surface area (Å²) in [5.74, 6) is -1.49. The Bertz CT molecular complexity index is 991. The zero-order chi connectivity index (χ0) is 21.1. The molecule has 0 atom stereocenters. The highest BCUT2D eigenvalue weighted by atomic mass is 35.5. The zero-order valence-electron chi connectivity index (χ0n) is 14.3. The summed E-state index contributed by atoms with van der Waals surface area (Å²) >= 11 is 6.91. The van der Waals surface area contributed by atoms with Crippen molar-refractivity contribution in [2.45, 2.75) is 27.8 Å². The van der Waals surface area contributed by atoms with Gasteiger partial charge in [-0.1, -0.05) is 30.3 Å². The molecule has 0 radical (unpaired) electrons. The molecule has 5 nitrogen and oxygen atoms in total. The monoisotopic (exact) mass is 454 g/mol. The van der Waals surface area contributed by atoms with E-state index in [0.717, 1.165) is 30.0 Å². The van der Waals surface area contributed by atoms with Gasteiger partial charge in [-0.25, -0.2) is 13.2 Å². The summed E-state index contributed by atoms with van der Waals surface area (Å²) in [7, 11) is -3.50. The summed E-state index contributed by atoms with van der Waals surface area (Å²) in [6, 6.07) is 6.51. The summed E-state index contributed by atoms with van der Waals surface area (Å²) < 4.78 is 67.9. The van der Waals surface area contributed by atoms with E-state index in [-0.39, 0.29) is 31.2 Å². The third-order valence-electron chi connectivity index (χ3n) is 3.48. The summed E-state index contributed by atoms with van der Waals surface area (Å²) in [6.45, 7) is 0.737. The minimum absolute atomic E-state index is 0.00394. The summed E-state index contributed by atoms with van der Waals surface area (Å²) in [5, 5.41) is 8.75. The number of ether oxygens (including phenoxy) is 1. The first-order valence-electron chi connectivity index (χ1n) is 7.70. The molecule has 0 fully saturated rings. The molecule has 0 amide bonds. The van der Waals surface area contributed by atoms with Gasteiger partial charge >= 0.3 is 12.1 Å². The highest BCUT2D eigenvalue weighted by Gasteiger charge is 2.31. The first-order valence-corrected chi connectivity index (χ1v) is 10.5. The Morgan fingerprint density at radius 3 is 2.39 bits per heavy atom. The van der Waals surface area contributed by atoms with Crippen LogP contribution in [0, 0.1) is 0 Å². The van der Waals surface area contributed by atoms with Crippen LogP contribution < -0.4 is 4.74 Å². The topological polar surface area (TPSA) is 80.7 Å². The van der Waals surface area contributed by atoms with Gasteiger partial charge in [-0.15, -0.1) is 0 Å². The minimum Gasteiger partial charge on any atom is -0.481 e. The highest BCUT2D eigenvalue weighted by molar-refractivity contribution is 7.99. The third-order valence-corrected chi connectivity index (χ3v) is 6.76. The van der Waals surface area contributed by atoms with Gasteiger partial charge in [-0.3, -0.25) is 0 Å². The average molecular weight is 455 g/mol. The fraction of sp³-hybridized carbons (Fsp3) is 0.235. The average Bonchev–Trinajstić information content (AvgIpc) is 2.61. The molecular weight excluding hydrogens is 441 g/mol. The first kappa shape index (κ1) is 22.4. The Morgan fingerprint density at radius 1 is 1.18 bits per heavy atom. The molecule has 0 aliphatic carbocycles. The largest absolute Gasteiger partial charge is 0.481 e. The van der Waals surface area contributed by atoms with Crippen molar-refractivity contribution in [2.24, 2.45) is 0 Å². The van der Waals surface area contributed by atoms with Crippen LogP contribution in [-0.2, 0) is 20.8 Å². The summed E-state index contributed by atoms with van der Waals surface area (Å²) in [5.41, 5.74) is -0.945. The van der Waals surface area contributed by atoms with Gasteiger partial charge in [0.2, 0.25) is 0 Å². The van der Waals surface area contributed by atoms with E-state index in [1.807, 2.05) is 0 Å². The molecule has 0 spiro atoms. The lowest BCUT2D eigenvalue weighted by atomic mass is 10.2. The van der Waals surface area contributed by atoms with Crippen LogP contribution in [0.25, 0.3) is 0 Å². The molecule has 2 rings (SSSR count). The molecule has 2 aromatic carbocycles. The van der Waals surface area contributed by atoms with Gasteiger partial charge in [0.15, 0.2) is 16.4 Å². The van der Waals surface area contributed by atoms with Crippen molar-refractivity contribution in [2.75, 3.05) is 12.4 Å². The fourth-order valence-electron chi connectivity index (χ4n) is 2.07. The maximum absolute atomic E-state index is 13.0. The fourth-order valence-corrected chi connectivity index (χ4v) is 4.28. The lowest BCUT2D eigenvalue weighted by Gasteiger charge is -2.14. The Hall–Kier alpha value is -1.91. The Labute approximate surface area is 168 Å². The Morgan fingerprint density at radius 2 is 1.86 bits per heavy atom. The number of carboxylic acid groups (broad SMARTS) is 1. The van der Waals surface area contributed by atoms with Crippen molar-refractivity contribution in [3.63, 3.8) is 0 Å². The van der Waals surface area contributed by atoms with Gasteiger partial charge in [0.05, 0.1) is 26.1 Å². The number of halogens is 4. The van der Waals surface area contributed by atoms with Gasteiger partial charge in [0.25, 0.3) is 0 Å².